The molecule has 0 atom stereocenters. The van der Waals surface area contributed by atoms with E-state index < -0.39 is 5.91 Å². The zero-order chi connectivity index (χ0) is 20.7. The number of rotatable bonds is 2. The Kier molecular flexibility index (Phi) is 11.9. The number of nitrogens with zero attached hydrogens (tertiary/aromatic N) is 5. The van der Waals surface area contributed by atoms with E-state index in [2.05, 4.69) is 25.5 Å². The van der Waals surface area contributed by atoms with Crippen LogP contribution in [0.1, 0.15) is 24.2 Å². The van der Waals surface area contributed by atoms with Gasteiger partial charge in [-0.2, -0.15) is 20.0 Å². The van der Waals surface area contributed by atoms with Gasteiger partial charge in [0.15, 0.2) is 0 Å². The molecule has 3 rings (SSSR count). The molecule has 146 valence electrons. The predicted octanol–water partition coefficient (Wildman–Crippen LogP) is 0.869. The van der Waals surface area contributed by atoms with Crippen molar-refractivity contribution in [2.24, 2.45) is 5.73 Å². The largest absolute Gasteiger partial charge is 0.383 e. The number of amides is 1. The van der Waals surface area contributed by atoms with E-state index in [1.54, 1.807) is 17.2 Å². The standard InChI is InChI=1S/C8H7N3.C5H7N5O.C2H7N.C2H6/c1-2-4-8(5-3-1)11-9-6-7-10-11;6-3-2(4(7)11)1-9-5(8)10-3;1-3-2;1-2/h1-7H;1H,(H2,7,11)(H4,6,8,9,10);3H,1-2H3;1-2H3. The third-order valence-corrected chi connectivity index (χ3v) is 2.51. The zero-order valence-corrected chi connectivity index (χ0v) is 16.0. The van der Waals surface area contributed by atoms with Gasteiger partial charge in [0.1, 0.15) is 5.82 Å². The molecule has 0 spiro atoms. The van der Waals surface area contributed by atoms with Crippen LogP contribution >= 0.6 is 0 Å². The Bertz CT molecular complexity index is 761. The zero-order valence-electron chi connectivity index (χ0n) is 16.0. The predicted molar refractivity (Wildman–Crippen MR) is 107 cm³/mol. The Labute approximate surface area is 158 Å². The van der Waals surface area contributed by atoms with Crippen molar-refractivity contribution in [1.82, 2.24) is 30.3 Å². The Morgan fingerprint density at radius 1 is 1.04 bits per heavy atom. The maximum Gasteiger partial charge on any atom is 0.254 e. The third-order valence-electron chi connectivity index (χ3n) is 2.51. The highest BCUT2D eigenvalue weighted by Crippen LogP contribution is 2.06. The summed E-state index contributed by atoms with van der Waals surface area (Å²) >= 11 is 0. The molecule has 2 aromatic heterocycles. The van der Waals surface area contributed by atoms with Crippen molar-refractivity contribution in [1.29, 1.82) is 0 Å². The molecule has 10 nitrogen and oxygen atoms in total. The number of benzene rings is 1. The van der Waals surface area contributed by atoms with Gasteiger partial charge >= 0.3 is 0 Å². The highest BCUT2D eigenvalue weighted by molar-refractivity contribution is 5.96. The summed E-state index contributed by atoms with van der Waals surface area (Å²) in [7, 11) is 3.75. The van der Waals surface area contributed by atoms with Crippen molar-refractivity contribution in [3.8, 4) is 5.69 Å². The van der Waals surface area contributed by atoms with Crippen LogP contribution in [0.2, 0.25) is 0 Å². The number of aromatic nitrogens is 5. The summed E-state index contributed by atoms with van der Waals surface area (Å²) in [6.45, 7) is 4.00. The number of primary amides is 1. The molecule has 0 aliphatic carbocycles. The average molecular weight is 373 g/mol. The van der Waals surface area contributed by atoms with Gasteiger partial charge in [0, 0.05) is 6.20 Å². The molecule has 0 saturated heterocycles. The van der Waals surface area contributed by atoms with Gasteiger partial charge in [0.05, 0.1) is 23.6 Å². The molecule has 1 amide bonds. The number of nitrogens with two attached hydrogens (primary N) is 3. The second-order valence-electron chi connectivity index (χ2n) is 4.55. The molecule has 0 fully saturated rings. The molecule has 0 saturated carbocycles. The number of nitrogen functional groups attached to an aromatic ring is 2. The first-order valence-corrected chi connectivity index (χ1v) is 8.17. The van der Waals surface area contributed by atoms with Crippen molar-refractivity contribution in [3.05, 3.63) is 54.5 Å². The van der Waals surface area contributed by atoms with Gasteiger partial charge in [0.25, 0.3) is 5.91 Å². The molecule has 10 heteroatoms. The molecule has 0 unspecified atom stereocenters. The summed E-state index contributed by atoms with van der Waals surface area (Å²) in [5.74, 6) is -0.639. The van der Waals surface area contributed by atoms with Crippen molar-refractivity contribution in [2.75, 3.05) is 25.6 Å². The quantitative estimate of drug-likeness (QED) is 0.514. The summed E-state index contributed by atoms with van der Waals surface area (Å²) < 4.78 is 0. The van der Waals surface area contributed by atoms with Gasteiger partial charge in [-0.05, 0) is 26.2 Å². The normalized spacial score (nSPS) is 8.74. The molecule has 0 aliphatic heterocycles. The van der Waals surface area contributed by atoms with Crippen LogP contribution in [-0.4, -0.2) is 45.0 Å². The Balaban J connectivity index is 0.000000406. The van der Waals surface area contributed by atoms with Crippen molar-refractivity contribution < 1.29 is 4.79 Å². The first-order chi connectivity index (χ1) is 13.0. The first-order valence-electron chi connectivity index (χ1n) is 8.17. The van der Waals surface area contributed by atoms with Crippen molar-refractivity contribution >= 4 is 17.7 Å². The number of para-hydroxylation sites is 1. The summed E-state index contributed by atoms with van der Waals surface area (Å²) in [4.78, 5) is 19.2. The second kappa shape index (κ2) is 13.7. The van der Waals surface area contributed by atoms with E-state index in [0.717, 1.165) is 5.69 Å². The van der Waals surface area contributed by atoms with E-state index >= 15 is 0 Å². The van der Waals surface area contributed by atoms with Gasteiger partial charge in [-0.25, -0.2) is 4.98 Å². The monoisotopic (exact) mass is 373 g/mol. The van der Waals surface area contributed by atoms with Crippen LogP contribution in [0.5, 0.6) is 0 Å². The number of carbonyl (C=O) groups is 1. The number of carbonyl (C=O) groups excluding carboxylic acids is 1. The van der Waals surface area contributed by atoms with E-state index in [4.69, 9.17) is 17.2 Å². The van der Waals surface area contributed by atoms with Crippen molar-refractivity contribution in [2.45, 2.75) is 13.8 Å². The summed E-state index contributed by atoms with van der Waals surface area (Å²) in [5.41, 5.74) is 16.5. The van der Waals surface area contributed by atoms with Crippen LogP contribution in [0.25, 0.3) is 5.69 Å². The lowest BCUT2D eigenvalue weighted by molar-refractivity contribution is 0.100. The van der Waals surface area contributed by atoms with Crippen LogP contribution in [0.4, 0.5) is 11.8 Å². The van der Waals surface area contributed by atoms with Gasteiger partial charge in [-0.3, -0.25) is 4.79 Å². The van der Waals surface area contributed by atoms with Gasteiger partial charge in [0.2, 0.25) is 5.95 Å². The van der Waals surface area contributed by atoms with Crippen LogP contribution in [0, 0.1) is 0 Å². The molecule has 27 heavy (non-hydrogen) atoms. The Hall–Kier alpha value is -3.53. The van der Waals surface area contributed by atoms with Gasteiger partial charge in [-0.1, -0.05) is 32.0 Å². The maximum absolute atomic E-state index is 10.6. The highest BCUT2D eigenvalue weighted by atomic mass is 16.1. The van der Waals surface area contributed by atoms with E-state index in [9.17, 15) is 4.79 Å². The minimum atomic E-state index is -0.664. The molecule has 7 N–H and O–H groups in total. The lowest BCUT2D eigenvalue weighted by atomic mass is 10.3. The summed E-state index contributed by atoms with van der Waals surface area (Å²) in [6, 6.07) is 9.80. The van der Waals surface area contributed by atoms with Gasteiger partial charge in [-0.15, -0.1) is 0 Å². The van der Waals surface area contributed by atoms with E-state index in [1.807, 2.05) is 58.3 Å². The fraction of sp³-hybridized carbons (Fsp3) is 0.235. The fourth-order valence-corrected chi connectivity index (χ4v) is 1.51. The summed E-state index contributed by atoms with van der Waals surface area (Å²) in [5, 5.41) is 10.7. The van der Waals surface area contributed by atoms with Gasteiger partial charge < -0.3 is 22.5 Å². The van der Waals surface area contributed by atoms with E-state index in [-0.39, 0.29) is 17.3 Å². The Morgan fingerprint density at radius 3 is 2.00 bits per heavy atom. The highest BCUT2D eigenvalue weighted by Gasteiger charge is 2.06. The van der Waals surface area contributed by atoms with Crippen LogP contribution in [0.15, 0.2) is 48.9 Å². The van der Waals surface area contributed by atoms with E-state index in [0.29, 0.717) is 0 Å². The smallest absolute Gasteiger partial charge is 0.254 e. The molecular weight excluding hydrogens is 346 g/mol. The maximum atomic E-state index is 10.6. The average Bonchev–Trinajstić information content (AvgIpc) is 3.20. The number of anilines is 2. The van der Waals surface area contributed by atoms with Crippen molar-refractivity contribution in [3.63, 3.8) is 0 Å². The molecule has 1 aromatic carbocycles. The SMILES string of the molecule is CC.CNC.NC(=O)c1cnc(N)nc1N.c1ccc(-n2nccn2)cc1. The number of hydrogen-bond acceptors (Lipinski definition) is 8. The third kappa shape index (κ3) is 8.93. The molecule has 0 bridgehead atoms. The minimum Gasteiger partial charge on any atom is -0.383 e. The van der Waals surface area contributed by atoms with Crippen LogP contribution in [-0.2, 0) is 0 Å². The van der Waals surface area contributed by atoms with E-state index in [1.165, 1.54) is 6.20 Å². The lowest BCUT2D eigenvalue weighted by Crippen LogP contribution is -2.15. The topological polar surface area (TPSA) is 164 Å². The molecule has 3 aromatic rings. The Morgan fingerprint density at radius 2 is 1.56 bits per heavy atom. The lowest BCUT2D eigenvalue weighted by Gasteiger charge is -1.98. The number of hydrogen-bond donors (Lipinski definition) is 4. The van der Waals surface area contributed by atoms with Crippen LogP contribution in [0.3, 0.4) is 0 Å². The fourth-order valence-electron chi connectivity index (χ4n) is 1.51. The minimum absolute atomic E-state index is 0.00463. The number of nitrogens with one attached hydrogen (secondary N) is 1. The molecule has 0 aliphatic rings. The molecule has 0 radical (unpaired) electrons. The first kappa shape index (κ1) is 23.5. The second-order valence-corrected chi connectivity index (χ2v) is 4.55. The van der Waals surface area contributed by atoms with Crippen LogP contribution < -0.4 is 22.5 Å². The summed E-state index contributed by atoms with van der Waals surface area (Å²) in [6.07, 6.45) is 4.51. The molecule has 2 heterocycles. The molecular formula is C17H27N9O.